The zero-order valence-corrected chi connectivity index (χ0v) is 11.3. The minimum Gasteiger partial charge on any atom is -0.479 e. The molecule has 1 atom stereocenters. The van der Waals surface area contributed by atoms with E-state index in [2.05, 4.69) is 0 Å². The van der Waals surface area contributed by atoms with Crippen molar-refractivity contribution in [1.82, 2.24) is 4.90 Å². The lowest BCUT2D eigenvalue weighted by Gasteiger charge is -2.35. The fourth-order valence-corrected chi connectivity index (χ4v) is 3.67. The fraction of sp³-hybridized carbons (Fsp3) is 0.538. The van der Waals surface area contributed by atoms with Gasteiger partial charge in [-0.2, -0.15) is 0 Å². The van der Waals surface area contributed by atoms with Gasteiger partial charge in [0.2, 0.25) is 5.91 Å². The van der Waals surface area contributed by atoms with Crippen molar-refractivity contribution in [2.45, 2.75) is 25.3 Å². The van der Waals surface area contributed by atoms with E-state index in [0.717, 1.165) is 29.7 Å². The van der Waals surface area contributed by atoms with Crippen molar-refractivity contribution in [2.75, 3.05) is 13.1 Å². The lowest BCUT2D eigenvalue weighted by atomic mass is 9.96. The third-order valence-electron chi connectivity index (χ3n) is 4.16. The van der Waals surface area contributed by atoms with Gasteiger partial charge in [-0.1, -0.05) is 0 Å². The topological polar surface area (TPSA) is 83.6 Å². The van der Waals surface area contributed by atoms with E-state index in [4.69, 9.17) is 5.73 Å². The summed E-state index contributed by atoms with van der Waals surface area (Å²) < 4.78 is 0. The summed E-state index contributed by atoms with van der Waals surface area (Å²) in [6.45, 7) is 0.788. The Morgan fingerprint density at radius 3 is 2.84 bits per heavy atom. The third kappa shape index (κ3) is 1.86. The number of nitrogens with two attached hydrogens (primary N) is 1. The molecule has 3 N–H and O–H groups in total. The number of hydrogen-bond donors (Lipinski definition) is 2. The van der Waals surface area contributed by atoms with Crippen LogP contribution < -0.4 is 5.73 Å². The second-order valence-corrected chi connectivity index (χ2v) is 6.27. The summed E-state index contributed by atoms with van der Waals surface area (Å²) in [4.78, 5) is 26.7. The number of amides is 1. The predicted molar refractivity (Wildman–Crippen MR) is 70.8 cm³/mol. The highest BCUT2D eigenvalue weighted by molar-refractivity contribution is 7.10. The van der Waals surface area contributed by atoms with Gasteiger partial charge in [-0.3, -0.25) is 4.79 Å². The number of fused-ring (bicyclic) bond motifs is 1. The highest BCUT2D eigenvalue weighted by Crippen LogP contribution is 2.48. The second kappa shape index (κ2) is 4.31. The van der Waals surface area contributed by atoms with E-state index >= 15 is 0 Å². The highest BCUT2D eigenvalue weighted by Gasteiger charge is 2.53. The van der Waals surface area contributed by atoms with Gasteiger partial charge in [0.15, 0.2) is 6.04 Å². The first-order valence-electron chi connectivity index (χ1n) is 6.39. The second-order valence-electron chi connectivity index (χ2n) is 5.27. The normalized spacial score (nSPS) is 23.8. The number of aliphatic carboxylic acids is 1. The molecule has 19 heavy (non-hydrogen) atoms. The molecule has 3 rings (SSSR count). The summed E-state index contributed by atoms with van der Waals surface area (Å²) in [6.07, 6.45) is 2.30. The van der Waals surface area contributed by atoms with Crippen LogP contribution in [0.15, 0.2) is 11.4 Å². The molecule has 1 unspecified atom stereocenters. The minimum absolute atomic E-state index is 0.0840. The monoisotopic (exact) mass is 280 g/mol. The highest BCUT2D eigenvalue weighted by atomic mass is 32.1. The van der Waals surface area contributed by atoms with Gasteiger partial charge in [-0.25, -0.2) is 4.79 Å². The van der Waals surface area contributed by atoms with Crippen LogP contribution in [0.4, 0.5) is 0 Å². The number of rotatable bonds is 3. The van der Waals surface area contributed by atoms with Gasteiger partial charge in [0.25, 0.3) is 0 Å². The summed E-state index contributed by atoms with van der Waals surface area (Å²) in [5, 5.41) is 11.4. The van der Waals surface area contributed by atoms with E-state index in [1.165, 1.54) is 4.90 Å². The molecule has 0 radical (unpaired) electrons. The van der Waals surface area contributed by atoms with Crippen LogP contribution in [0.3, 0.4) is 0 Å². The first kappa shape index (κ1) is 12.6. The number of carboxylic acids is 1. The lowest BCUT2D eigenvalue weighted by molar-refractivity contribution is -0.153. The molecule has 1 fully saturated rings. The van der Waals surface area contributed by atoms with E-state index in [-0.39, 0.29) is 5.91 Å². The number of hydrogen-bond acceptors (Lipinski definition) is 4. The van der Waals surface area contributed by atoms with Gasteiger partial charge in [0.05, 0.1) is 5.41 Å². The standard InChI is InChI=1S/C13H16N2O3S/c14-7-13(3-4-13)12(18)15-5-1-9-8(2-6-19-9)10(15)11(16)17/h2,6,10H,1,3-5,7,14H2,(H,16,17). The van der Waals surface area contributed by atoms with Gasteiger partial charge >= 0.3 is 5.97 Å². The predicted octanol–water partition coefficient (Wildman–Crippen LogP) is 0.997. The molecule has 1 aliphatic heterocycles. The Balaban J connectivity index is 1.94. The maximum Gasteiger partial charge on any atom is 0.331 e. The van der Waals surface area contributed by atoms with Gasteiger partial charge in [0.1, 0.15) is 0 Å². The quantitative estimate of drug-likeness (QED) is 0.865. The molecule has 2 heterocycles. The van der Waals surface area contributed by atoms with E-state index in [0.29, 0.717) is 13.1 Å². The Morgan fingerprint density at radius 1 is 1.53 bits per heavy atom. The van der Waals surface area contributed by atoms with E-state index in [1.807, 2.05) is 11.4 Å². The van der Waals surface area contributed by atoms with Crippen molar-refractivity contribution in [2.24, 2.45) is 11.1 Å². The first-order chi connectivity index (χ1) is 9.09. The minimum atomic E-state index is -0.958. The average Bonchev–Trinajstić information content (AvgIpc) is 3.06. The summed E-state index contributed by atoms with van der Waals surface area (Å²) in [6, 6.07) is 0.979. The molecular formula is C13H16N2O3S. The van der Waals surface area contributed by atoms with Gasteiger partial charge < -0.3 is 15.7 Å². The number of nitrogens with zero attached hydrogens (tertiary/aromatic N) is 1. The Morgan fingerprint density at radius 2 is 2.26 bits per heavy atom. The van der Waals surface area contributed by atoms with E-state index in [9.17, 15) is 14.7 Å². The molecule has 6 heteroatoms. The lowest BCUT2D eigenvalue weighted by Crippen LogP contribution is -2.47. The molecule has 1 aliphatic carbocycles. The molecule has 1 saturated carbocycles. The summed E-state index contributed by atoms with van der Waals surface area (Å²) in [5.74, 6) is -1.04. The summed E-state index contributed by atoms with van der Waals surface area (Å²) in [5.41, 5.74) is 5.96. The Hall–Kier alpha value is -1.40. The molecule has 102 valence electrons. The van der Waals surface area contributed by atoms with Crippen LogP contribution in [0.1, 0.15) is 29.3 Å². The van der Waals surface area contributed by atoms with Crippen LogP contribution in [-0.2, 0) is 16.0 Å². The van der Waals surface area contributed by atoms with E-state index in [1.54, 1.807) is 11.3 Å². The van der Waals surface area contributed by atoms with E-state index < -0.39 is 17.4 Å². The molecule has 1 aromatic heterocycles. The number of carbonyl (C=O) groups excluding carboxylic acids is 1. The van der Waals surface area contributed by atoms with Crippen molar-refractivity contribution >= 4 is 23.2 Å². The van der Waals surface area contributed by atoms with Crippen LogP contribution in [0.5, 0.6) is 0 Å². The SMILES string of the molecule is NCC1(C(=O)N2CCc3sccc3C2C(=O)O)CC1. The molecular weight excluding hydrogens is 264 g/mol. The Bertz CT molecular complexity index is 536. The summed E-state index contributed by atoms with van der Waals surface area (Å²) in [7, 11) is 0. The molecule has 0 bridgehead atoms. The number of carbonyl (C=O) groups is 2. The van der Waals surface area contributed by atoms with Crippen molar-refractivity contribution < 1.29 is 14.7 Å². The molecule has 1 aromatic rings. The molecule has 5 nitrogen and oxygen atoms in total. The fourth-order valence-electron chi connectivity index (χ4n) is 2.76. The smallest absolute Gasteiger partial charge is 0.331 e. The average molecular weight is 280 g/mol. The molecule has 2 aliphatic rings. The zero-order chi connectivity index (χ0) is 13.6. The largest absolute Gasteiger partial charge is 0.479 e. The van der Waals surface area contributed by atoms with Crippen LogP contribution in [0.25, 0.3) is 0 Å². The molecule has 1 amide bonds. The zero-order valence-electron chi connectivity index (χ0n) is 10.5. The third-order valence-corrected chi connectivity index (χ3v) is 5.16. The van der Waals surface area contributed by atoms with Gasteiger partial charge in [-0.15, -0.1) is 11.3 Å². The van der Waals surface area contributed by atoms with Crippen LogP contribution >= 0.6 is 11.3 Å². The van der Waals surface area contributed by atoms with Crippen molar-refractivity contribution in [3.8, 4) is 0 Å². The Labute approximate surface area is 115 Å². The van der Waals surface area contributed by atoms with Gasteiger partial charge in [0, 0.05) is 18.0 Å². The van der Waals surface area contributed by atoms with Crippen molar-refractivity contribution in [1.29, 1.82) is 0 Å². The number of thiophene rings is 1. The number of carboxylic acid groups (broad SMARTS) is 1. The maximum atomic E-state index is 12.5. The van der Waals surface area contributed by atoms with Crippen LogP contribution in [0, 0.1) is 5.41 Å². The van der Waals surface area contributed by atoms with Crippen molar-refractivity contribution in [3.05, 3.63) is 21.9 Å². The van der Waals surface area contributed by atoms with Crippen LogP contribution in [0.2, 0.25) is 0 Å². The molecule has 0 aromatic carbocycles. The molecule has 0 spiro atoms. The molecule has 0 saturated heterocycles. The van der Waals surface area contributed by atoms with Gasteiger partial charge in [-0.05, 0) is 36.3 Å². The first-order valence-corrected chi connectivity index (χ1v) is 7.27. The Kier molecular flexibility index (Phi) is 2.87. The maximum absolute atomic E-state index is 12.5. The summed E-state index contributed by atoms with van der Waals surface area (Å²) >= 11 is 1.56. The van der Waals surface area contributed by atoms with Crippen LogP contribution in [-0.4, -0.2) is 35.0 Å². The van der Waals surface area contributed by atoms with Crippen molar-refractivity contribution in [3.63, 3.8) is 0 Å².